The van der Waals surface area contributed by atoms with Crippen LogP contribution < -0.4 is 0 Å². The third-order valence-electron chi connectivity index (χ3n) is 2.58. The molecule has 8 heteroatoms. The van der Waals surface area contributed by atoms with Gasteiger partial charge in [0.1, 0.15) is 9.77 Å². The van der Waals surface area contributed by atoms with Crippen LogP contribution in [0, 0.1) is 6.92 Å². The molecule has 19 heavy (non-hydrogen) atoms. The van der Waals surface area contributed by atoms with Gasteiger partial charge in [0.2, 0.25) is 10.0 Å². The molecule has 0 bridgehead atoms. The summed E-state index contributed by atoms with van der Waals surface area (Å²) in [6, 6.07) is -0.363. The average Bonchev–Trinajstić information content (AvgIpc) is 2.68. The number of thiophene rings is 1. The standard InChI is InChI=1S/C11H17NO5S2/c1-7(2)12(4-5-13)19(16,17)10-8(3)6-18-9(10)11(14)15/h6-7,13H,4-5H2,1-3H3,(H,14,15). The van der Waals surface area contributed by atoms with Crippen molar-refractivity contribution in [3.8, 4) is 0 Å². The summed E-state index contributed by atoms with van der Waals surface area (Å²) in [5.74, 6) is -1.26. The Bertz CT molecular complexity index is 562. The number of sulfonamides is 1. The molecular weight excluding hydrogens is 290 g/mol. The van der Waals surface area contributed by atoms with E-state index in [1.807, 2.05) is 0 Å². The van der Waals surface area contributed by atoms with E-state index in [9.17, 15) is 13.2 Å². The molecule has 0 aliphatic carbocycles. The molecule has 1 aromatic heterocycles. The van der Waals surface area contributed by atoms with E-state index in [-0.39, 0.29) is 29.0 Å². The quantitative estimate of drug-likeness (QED) is 0.822. The molecule has 0 aliphatic heterocycles. The largest absolute Gasteiger partial charge is 0.477 e. The molecule has 0 fully saturated rings. The number of aliphatic hydroxyl groups is 1. The number of nitrogens with zero attached hydrogens (tertiary/aromatic N) is 1. The predicted octanol–water partition coefficient (Wildman–Crippen LogP) is 1.15. The van der Waals surface area contributed by atoms with Gasteiger partial charge in [-0.1, -0.05) is 0 Å². The molecule has 108 valence electrons. The van der Waals surface area contributed by atoms with Crippen LogP contribution in [0.3, 0.4) is 0 Å². The zero-order chi connectivity index (χ0) is 14.8. The number of aromatic carboxylic acids is 1. The van der Waals surface area contributed by atoms with Gasteiger partial charge in [-0.2, -0.15) is 4.31 Å². The van der Waals surface area contributed by atoms with Crippen LogP contribution >= 0.6 is 11.3 Å². The topological polar surface area (TPSA) is 94.9 Å². The van der Waals surface area contributed by atoms with E-state index in [4.69, 9.17) is 10.2 Å². The Hall–Kier alpha value is -0.960. The first kappa shape index (κ1) is 16.1. The van der Waals surface area contributed by atoms with E-state index in [1.165, 1.54) is 5.38 Å². The summed E-state index contributed by atoms with van der Waals surface area (Å²) in [5, 5.41) is 19.6. The molecular formula is C11H17NO5S2. The summed E-state index contributed by atoms with van der Waals surface area (Å²) in [7, 11) is -3.92. The van der Waals surface area contributed by atoms with Crippen molar-refractivity contribution in [2.45, 2.75) is 31.7 Å². The van der Waals surface area contributed by atoms with E-state index in [0.29, 0.717) is 5.56 Å². The fourth-order valence-electron chi connectivity index (χ4n) is 1.77. The molecule has 0 aromatic carbocycles. The first-order valence-electron chi connectivity index (χ1n) is 5.67. The van der Waals surface area contributed by atoms with E-state index in [0.717, 1.165) is 15.6 Å². The summed E-state index contributed by atoms with van der Waals surface area (Å²) in [5.41, 5.74) is 0.408. The first-order valence-corrected chi connectivity index (χ1v) is 7.99. The zero-order valence-corrected chi connectivity index (χ0v) is 12.6. The lowest BCUT2D eigenvalue weighted by atomic mass is 10.3. The summed E-state index contributed by atoms with van der Waals surface area (Å²) in [4.78, 5) is 10.7. The normalized spacial score (nSPS) is 12.3. The van der Waals surface area contributed by atoms with Crippen molar-refractivity contribution in [2.75, 3.05) is 13.2 Å². The maximum Gasteiger partial charge on any atom is 0.347 e. The third kappa shape index (κ3) is 3.14. The van der Waals surface area contributed by atoms with Crippen molar-refractivity contribution >= 4 is 27.3 Å². The minimum atomic E-state index is -3.92. The molecule has 0 aliphatic rings. The van der Waals surface area contributed by atoms with E-state index in [2.05, 4.69) is 0 Å². The van der Waals surface area contributed by atoms with E-state index in [1.54, 1.807) is 20.8 Å². The Morgan fingerprint density at radius 1 is 1.47 bits per heavy atom. The highest BCUT2D eigenvalue weighted by Gasteiger charge is 2.33. The van der Waals surface area contributed by atoms with Crippen molar-refractivity contribution in [1.29, 1.82) is 0 Å². The van der Waals surface area contributed by atoms with Gasteiger partial charge in [0.15, 0.2) is 0 Å². The molecule has 0 saturated heterocycles. The second-order valence-corrected chi connectivity index (χ2v) is 7.02. The Morgan fingerprint density at radius 3 is 2.47 bits per heavy atom. The third-order valence-corrected chi connectivity index (χ3v) is 6.05. The minimum Gasteiger partial charge on any atom is -0.477 e. The van der Waals surface area contributed by atoms with Crippen LogP contribution in [-0.4, -0.2) is 48.1 Å². The highest BCUT2D eigenvalue weighted by molar-refractivity contribution is 7.89. The van der Waals surface area contributed by atoms with Crippen LogP contribution in [0.1, 0.15) is 29.1 Å². The fraction of sp³-hybridized carbons (Fsp3) is 0.545. The summed E-state index contributed by atoms with van der Waals surface area (Å²) < 4.78 is 26.2. The maximum atomic E-state index is 12.5. The van der Waals surface area contributed by atoms with Crippen LogP contribution in [0.4, 0.5) is 0 Å². The molecule has 2 N–H and O–H groups in total. The Kier molecular flexibility index (Phi) is 5.08. The van der Waals surface area contributed by atoms with Crippen LogP contribution in [0.2, 0.25) is 0 Å². The van der Waals surface area contributed by atoms with Crippen LogP contribution in [-0.2, 0) is 10.0 Å². The van der Waals surface area contributed by atoms with Gasteiger partial charge in [-0.15, -0.1) is 11.3 Å². The number of hydrogen-bond donors (Lipinski definition) is 2. The number of carboxylic acid groups (broad SMARTS) is 1. The molecule has 0 atom stereocenters. The van der Waals surface area contributed by atoms with E-state index < -0.39 is 16.0 Å². The smallest absolute Gasteiger partial charge is 0.347 e. The number of aliphatic hydroxyl groups excluding tert-OH is 1. The number of aryl methyl sites for hydroxylation is 1. The van der Waals surface area contributed by atoms with Gasteiger partial charge >= 0.3 is 5.97 Å². The summed E-state index contributed by atoms with van der Waals surface area (Å²) in [6.45, 7) is 4.54. The Morgan fingerprint density at radius 2 is 2.05 bits per heavy atom. The zero-order valence-electron chi connectivity index (χ0n) is 11.0. The SMILES string of the molecule is Cc1csc(C(=O)O)c1S(=O)(=O)N(CCO)C(C)C. The van der Waals surface area contributed by atoms with Gasteiger partial charge in [0.05, 0.1) is 6.61 Å². The first-order chi connectivity index (χ1) is 8.73. The van der Waals surface area contributed by atoms with Gasteiger partial charge in [0, 0.05) is 12.6 Å². The van der Waals surface area contributed by atoms with E-state index >= 15 is 0 Å². The van der Waals surface area contributed by atoms with Crippen molar-refractivity contribution in [1.82, 2.24) is 4.31 Å². The van der Waals surface area contributed by atoms with Crippen molar-refractivity contribution in [3.05, 3.63) is 15.8 Å². The molecule has 1 aromatic rings. The van der Waals surface area contributed by atoms with Crippen LogP contribution in [0.25, 0.3) is 0 Å². The van der Waals surface area contributed by atoms with Crippen molar-refractivity contribution in [2.24, 2.45) is 0 Å². The monoisotopic (exact) mass is 307 g/mol. The number of rotatable bonds is 6. The second-order valence-electron chi connectivity index (χ2n) is 4.32. The van der Waals surface area contributed by atoms with Crippen LogP contribution in [0.5, 0.6) is 0 Å². The van der Waals surface area contributed by atoms with Gasteiger partial charge in [0.25, 0.3) is 0 Å². The van der Waals surface area contributed by atoms with Gasteiger partial charge in [-0.05, 0) is 31.7 Å². The summed E-state index contributed by atoms with van der Waals surface area (Å²) in [6.07, 6.45) is 0. The second kappa shape index (κ2) is 6.00. The number of hydrogen-bond acceptors (Lipinski definition) is 5. The Labute approximate surface area is 116 Å². The highest BCUT2D eigenvalue weighted by Crippen LogP contribution is 2.30. The van der Waals surface area contributed by atoms with Gasteiger partial charge < -0.3 is 10.2 Å². The average molecular weight is 307 g/mol. The maximum absolute atomic E-state index is 12.5. The molecule has 1 heterocycles. The number of carboxylic acids is 1. The molecule has 0 saturated carbocycles. The molecule has 0 radical (unpaired) electrons. The van der Waals surface area contributed by atoms with Crippen LogP contribution in [0.15, 0.2) is 10.3 Å². The highest BCUT2D eigenvalue weighted by atomic mass is 32.2. The Balaban J connectivity index is 3.41. The molecule has 1 rings (SSSR count). The van der Waals surface area contributed by atoms with Gasteiger partial charge in [-0.25, -0.2) is 13.2 Å². The van der Waals surface area contributed by atoms with Gasteiger partial charge in [-0.3, -0.25) is 0 Å². The lowest BCUT2D eigenvalue weighted by molar-refractivity contribution is 0.0698. The lowest BCUT2D eigenvalue weighted by Gasteiger charge is -2.25. The minimum absolute atomic E-state index is 0.0612. The van der Waals surface area contributed by atoms with Crippen molar-refractivity contribution < 1.29 is 23.4 Å². The number of carbonyl (C=O) groups is 1. The summed E-state index contributed by atoms with van der Waals surface area (Å²) >= 11 is 0.890. The fourth-order valence-corrected chi connectivity index (χ4v) is 4.99. The molecule has 0 amide bonds. The lowest BCUT2D eigenvalue weighted by Crippen LogP contribution is -2.39. The molecule has 0 spiro atoms. The predicted molar refractivity (Wildman–Crippen MR) is 72.1 cm³/mol. The van der Waals surface area contributed by atoms with Crippen molar-refractivity contribution in [3.63, 3.8) is 0 Å². The molecule has 0 unspecified atom stereocenters. The molecule has 6 nitrogen and oxygen atoms in total.